The summed E-state index contributed by atoms with van der Waals surface area (Å²) in [7, 11) is 1.72. The fourth-order valence-electron chi connectivity index (χ4n) is 3.13. The maximum absolute atomic E-state index is 12.2. The van der Waals surface area contributed by atoms with Gasteiger partial charge in [-0.25, -0.2) is 15.0 Å². The van der Waals surface area contributed by atoms with Gasteiger partial charge in [-0.15, -0.1) is 0 Å². The van der Waals surface area contributed by atoms with Crippen molar-refractivity contribution in [1.29, 1.82) is 0 Å². The lowest BCUT2D eigenvalue weighted by Crippen LogP contribution is -2.41. The lowest BCUT2D eigenvalue weighted by atomic mass is 10.2. The molecule has 2 aromatic rings. The zero-order valence-electron chi connectivity index (χ0n) is 14.8. The van der Waals surface area contributed by atoms with Crippen molar-refractivity contribution in [1.82, 2.24) is 25.3 Å². The van der Waals surface area contributed by atoms with E-state index < -0.39 is 0 Å². The molecular weight excluding hydrogens is 320 g/mol. The Kier molecular flexibility index (Phi) is 5.28. The first kappa shape index (κ1) is 17.3. The minimum Gasteiger partial charge on any atom is -0.380 e. The first-order chi connectivity index (χ1) is 12.1. The van der Waals surface area contributed by atoms with Gasteiger partial charge in [0.1, 0.15) is 12.1 Å². The summed E-state index contributed by atoms with van der Waals surface area (Å²) in [5.41, 5.74) is 2.62. The Balaban J connectivity index is 1.62. The Morgan fingerprint density at radius 2 is 2.24 bits per heavy atom. The van der Waals surface area contributed by atoms with Crippen LogP contribution in [0.3, 0.4) is 0 Å². The van der Waals surface area contributed by atoms with Gasteiger partial charge in [-0.3, -0.25) is 4.79 Å². The molecular formula is C17H24N6O2. The number of anilines is 1. The van der Waals surface area contributed by atoms with E-state index in [0.29, 0.717) is 6.54 Å². The third-order valence-electron chi connectivity index (χ3n) is 4.59. The van der Waals surface area contributed by atoms with Crippen molar-refractivity contribution in [3.63, 3.8) is 0 Å². The zero-order valence-corrected chi connectivity index (χ0v) is 14.8. The number of aromatic nitrogens is 4. The van der Waals surface area contributed by atoms with Gasteiger partial charge in [-0.1, -0.05) is 0 Å². The van der Waals surface area contributed by atoms with Crippen LogP contribution >= 0.6 is 0 Å². The smallest absolute Gasteiger partial charge is 0.226 e. The Labute approximate surface area is 147 Å². The normalized spacial score (nSPS) is 20.0. The minimum absolute atomic E-state index is 0.0325. The highest BCUT2D eigenvalue weighted by molar-refractivity contribution is 5.78. The number of aryl methyl sites for hydroxylation is 2. The van der Waals surface area contributed by atoms with Crippen molar-refractivity contribution < 1.29 is 9.53 Å². The van der Waals surface area contributed by atoms with Gasteiger partial charge in [0.15, 0.2) is 0 Å². The summed E-state index contributed by atoms with van der Waals surface area (Å²) in [6.07, 6.45) is 4.44. The van der Waals surface area contributed by atoms with Crippen LogP contribution in [0, 0.1) is 13.8 Å². The number of hydrogen-bond acceptors (Lipinski definition) is 6. The lowest BCUT2D eigenvalue weighted by molar-refractivity contribution is -0.120. The quantitative estimate of drug-likeness (QED) is 0.803. The van der Waals surface area contributed by atoms with E-state index in [9.17, 15) is 4.79 Å². The van der Waals surface area contributed by atoms with Gasteiger partial charge in [0.05, 0.1) is 30.6 Å². The number of rotatable bonds is 6. The molecule has 0 aromatic carbocycles. The number of carbonyl (C=O) groups excluding carboxylic acids is 1. The number of nitrogens with one attached hydrogen (secondary N) is 2. The van der Waals surface area contributed by atoms with Crippen LogP contribution in [0.2, 0.25) is 0 Å². The van der Waals surface area contributed by atoms with Gasteiger partial charge in [-0.2, -0.15) is 0 Å². The van der Waals surface area contributed by atoms with Gasteiger partial charge in [-0.05, 0) is 20.3 Å². The molecule has 134 valence electrons. The van der Waals surface area contributed by atoms with Crippen molar-refractivity contribution in [3.8, 4) is 0 Å². The fraction of sp³-hybridized carbons (Fsp3) is 0.529. The van der Waals surface area contributed by atoms with Gasteiger partial charge in [0.2, 0.25) is 5.91 Å². The van der Waals surface area contributed by atoms with Crippen LogP contribution in [0.4, 0.5) is 5.82 Å². The predicted molar refractivity (Wildman–Crippen MR) is 93.4 cm³/mol. The number of amides is 1. The number of hydrogen-bond donors (Lipinski definition) is 2. The molecule has 1 aliphatic rings. The summed E-state index contributed by atoms with van der Waals surface area (Å²) in [6.45, 7) is 5.16. The number of methoxy groups -OCH3 is 1. The van der Waals surface area contributed by atoms with Crippen molar-refractivity contribution in [2.45, 2.75) is 38.8 Å². The molecule has 2 N–H and O–H groups in total. The average Bonchev–Trinajstić information content (AvgIpc) is 3.19. The monoisotopic (exact) mass is 344 g/mol. The van der Waals surface area contributed by atoms with E-state index in [1.54, 1.807) is 19.8 Å². The van der Waals surface area contributed by atoms with E-state index in [-0.39, 0.29) is 24.5 Å². The molecule has 3 heterocycles. The number of aromatic amines is 1. The van der Waals surface area contributed by atoms with Crippen molar-refractivity contribution >= 4 is 11.7 Å². The average molecular weight is 344 g/mol. The predicted octanol–water partition coefficient (Wildman–Crippen LogP) is 0.769. The molecule has 3 rings (SSSR count). The van der Waals surface area contributed by atoms with Crippen LogP contribution < -0.4 is 10.2 Å². The first-order valence-electron chi connectivity index (χ1n) is 8.40. The second kappa shape index (κ2) is 7.60. The molecule has 0 unspecified atom stereocenters. The number of ether oxygens (including phenoxy) is 1. The lowest BCUT2D eigenvalue weighted by Gasteiger charge is -2.25. The summed E-state index contributed by atoms with van der Waals surface area (Å²) in [5, 5.41) is 3.02. The third kappa shape index (κ3) is 4.14. The van der Waals surface area contributed by atoms with E-state index in [0.717, 1.165) is 35.9 Å². The summed E-state index contributed by atoms with van der Waals surface area (Å²) >= 11 is 0. The molecule has 2 aromatic heterocycles. The summed E-state index contributed by atoms with van der Waals surface area (Å²) in [4.78, 5) is 30.1. The molecule has 1 saturated heterocycles. The van der Waals surface area contributed by atoms with Crippen molar-refractivity contribution in [2.75, 3.05) is 25.1 Å². The van der Waals surface area contributed by atoms with Gasteiger partial charge < -0.3 is 19.9 Å². The van der Waals surface area contributed by atoms with Crippen LogP contribution in [0.1, 0.15) is 23.5 Å². The second-order valence-corrected chi connectivity index (χ2v) is 6.37. The molecule has 0 aliphatic carbocycles. The molecule has 1 amide bonds. The number of imidazole rings is 1. The van der Waals surface area contributed by atoms with Gasteiger partial charge >= 0.3 is 0 Å². The number of nitrogens with zero attached hydrogens (tertiary/aromatic N) is 4. The van der Waals surface area contributed by atoms with E-state index in [1.807, 2.05) is 19.9 Å². The number of carbonyl (C=O) groups is 1. The van der Waals surface area contributed by atoms with Crippen LogP contribution in [0.5, 0.6) is 0 Å². The molecule has 25 heavy (non-hydrogen) atoms. The largest absolute Gasteiger partial charge is 0.380 e. The van der Waals surface area contributed by atoms with Crippen LogP contribution in [-0.2, 0) is 16.0 Å². The zero-order chi connectivity index (χ0) is 17.8. The van der Waals surface area contributed by atoms with Crippen LogP contribution in [-0.4, -0.2) is 58.2 Å². The first-order valence-corrected chi connectivity index (χ1v) is 8.40. The maximum Gasteiger partial charge on any atom is 0.226 e. The molecule has 0 saturated carbocycles. The molecule has 1 aliphatic heterocycles. The third-order valence-corrected chi connectivity index (χ3v) is 4.59. The molecule has 0 radical (unpaired) electrons. The van der Waals surface area contributed by atoms with Crippen molar-refractivity contribution in [2.24, 2.45) is 0 Å². The molecule has 2 atom stereocenters. The Morgan fingerprint density at radius 1 is 1.40 bits per heavy atom. The fourth-order valence-corrected chi connectivity index (χ4v) is 3.13. The van der Waals surface area contributed by atoms with Crippen LogP contribution in [0.15, 0.2) is 18.7 Å². The minimum atomic E-state index is -0.0325. The van der Waals surface area contributed by atoms with E-state index in [1.165, 1.54) is 0 Å². The number of H-pyrrole nitrogens is 1. The Bertz CT molecular complexity index is 731. The van der Waals surface area contributed by atoms with Gasteiger partial charge in [0.25, 0.3) is 0 Å². The molecule has 1 fully saturated rings. The summed E-state index contributed by atoms with van der Waals surface area (Å²) in [5.74, 6) is 0.837. The van der Waals surface area contributed by atoms with E-state index in [2.05, 4.69) is 30.2 Å². The maximum atomic E-state index is 12.2. The molecule has 0 spiro atoms. The van der Waals surface area contributed by atoms with Gasteiger partial charge in [0, 0.05) is 37.7 Å². The molecule has 8 heteroatoms. The van der Waals surface area contributed by atoms with Crippen molar-refractivity contribution in [3.05, 3.63) is 35.8 Å². The standard InChI is InChI=1S/C17H24N6O2/c1-11-4-16(22-9-19-11)23-8-14(25-3)5-13(23)7-18-17(24)6-15-12(2)20-10-21-15/h4,9-10,13-14H,5-8H2,1-3H3,(H,18,24)(H,20,21)/t13-,14-/m0/s1. The van der Waals surface area contributed by atoms with Crippen LogP contribution in [0.25, 0.3) is 0 Å². The summed E-state index contributed by atoms with van der Waals surface area (Å²) < 4.78 is 5.52. The molecule has 0 bridgehead atoms. The highest BCUT2D eigenvalue weighted by Crippen LogP contribution is 2.25. The highest BCUT2D eigenvalue weighted by Gasteiger charge is 2.33. The highest BCUT2D eigenvalue weighted by atomic mass is 16.5. The second-order valence-electron chi connectivity index (χ2n) is 6.37. The SMILES string of the molecule is CO[C@H]1C[C@@H](CNC(=O)Cc2nc[nH]c2C)N(c2cc(C)ncn2)C1. The Morgan fingerprint density at radius 3 is 2.92 bits per heavy atom. The van der Waals surface area contributed by atoms with E-state index in [4.69, 9.17) is 4.74 Å². The molecule has 8 nitrogen and oxygen atoms in total. The Hall–Kier alpha value is -2.48. The summed E-state index contributed by atoms with van der Waals surface area (Å²) in [6, 6.07) is 2.10. The van der Waals surface area contributed by atoms with E-state index >= 15 is 0 Å². The topological polar surface area (TPSA) is 96.0 Å².